The van der Waals surface area contributed by atoms with Crippen LogP contribution in [0.15, 0.2) is 70.1 Å². The van der Waals surface area contributed by atoms with Gasteiger partial charge in [-0.05, 0) is 48.0 Å². The van der Waals surface area contributed by atoms with Gasteiger partial charge >= 0.3 is 0 Å². The van der Waals surface area contributed by atoms with Gasteiger partial charge in [0.1, 0.15) is 17.2 Å². The molecule has 0 aliphatic carbocycles. The van der Waals surface area contributed by atoms with E-state index >= 15 is 0 Å². The molecule has 1 heterocycles. The predicted molar refractivity (Wildman–Crippen MR) is 98.3 cm³/mol. The molecule has 3 rings (SSSR count). The second-order valence-electron chi connectivity index (χ2n) is 5.56. The van der Waals surface area contributed by atoms with E-state index in [0.29, 0.717) is 10.0 Å². The molecule has 3 aromatic rings. The Hall–Kier alpha value is -2.80. The first-order valence-corrected chi connectivity index (χ1v) is 8.43. The molecule has 4 nitrogen and oxygen atoms in total. The highest BCUT2D eigenvalue weighted by Crippen LogP contribution is 2.19. The van der Waals surface area contributed by atoms with Gasteiger partial charge in [-0.2, -0.15) is 0 Å². The normalized spacial score (nSPS) is 10.6. The molecule has 0 saturated carbocycles. The van der Waals surface area contributed by atoms with Crippen LogP contribution in [0.25, 0.3) is 0 Å². The van der Waals surface area contributed by atoms with Gasteiger partial charge in [0.15, 0.2) is 0 Å². The average molecular weight is 419 g/mol. The summed E-state index contributed by atoms with van der Waals surface area (Å²) in [5.41, 5.74) is -0.125. The van der Waals surface area contributed by atoms with Crippen LogP contribution in [0.4, 0.5) is 14.5 Å². The Balaban J connectivity index is 1.86. The van der Waals surface area contributed by atoms with Crippen LogP contribution in [0.3, 0.4) is 0 Å². The maximum atomic E-state index is 13.9. The molecule has 0 fully saturated rings. The van der Waals surface area contributed by atoms with Crippen molar-refractivity contribution < 1.29 is 13.6 Å². The van der Waals surface area contributed by atoms with E-state index < -0.39 is 23.1 Å². The van der Waals surface area contributed by atoms with E-state index in [9.17, 15) is 18.4 Å². The van der Waals surface area contributed by atoms with E-state index in [4.69, 9.17) is 0 Å². The van der Waals surface area contributed by atoms with Crippen LogP contribution in [0, 0.1) is 11.6 Å². The van der Waals surface area contributed by atoms with Crippen LogP contribution in [-0.2, 0) is 6.54 Å². The number of pyridine rings is 1. The summed E-state index contributed by atoms with van der Waals surface area (Å²) in [6.45, 7) is 0.115. The first-order chi connectivity index (χ1) is 12.4. The third-order valence-electron chi connectivity index (χ3n) is 3.69. The fraction of sp³-hybridized carbons (Fsp3) is 0.0526. The molecule has 0 aliphatic heterocycles. The van der Waals surface area contributed by atoms with Crippen molar-refractivity contribution in [2.24, 2.45) is 0 Å². The molecule has 0 aliphatic rings. The molecular formula is C19H13BrF2N2O2. The molecule has 0 spiro atoms. The molecule has 7 heteroatoms. The van der Waals surface area contributed by atoms with E-state index in [1.54, 1.807) is 18.2 Å². The lowest BCUT2D eigenvalue weighted by Crippen LogP contribution is -2.29. The largest absolute Gasteiger partial charge is 0.319 e. The van der Waals surface area contributed by atoms with Crippen molar-refractivity contribution in [3.8, 4) is 0 Å². The number of nitrogens with zero attached hydrogens (tertiary/aromatic N) is 1. The van der Waals surface area contributed by atoms with Crippen molar-refractivity contribution in [1.29, 1.82) is 0 Å². The minimum atomic E-state index is -0.718. The fourth-order valence-electron chi connectivity index (χ4n) is 2.45. The Morgan fingerprint density at radius 3 is 2.62 bits per heavy atom. The quantitative estimate of drug-likeness (QED) is 0.690. The van der Waals surface area contributed by atoms with Gasteiger partial charge in [-0.1, -0.05) is 28.1 Å². The van der Waals surface area contributed by atoms with Crippen LogP contribution in [0.5, 0.6) is 0 Å². The zero-order valence-electron chi connectivity index (χ0n) is 13.4. The van der Waals surface area contributed by atoms with Gasteiger partial charge in [0.2, 0.25) is 0 Å². The number of hydrogen-bond donors (Lipinski definition) is 1. The van der Waals surface area contributed by atoms with Crippen molar-refractivity contribution in [1.82, 2.24) is 4.57 Å². The second kappa shape index (κ2) is 7.61. The number of aromatic nitrogens is 1. The fourth-order valence-corrected chi connectivity index (χ4v) is 2.78. The lowest BCUT2D eigenvalue weighted by molar-refractivity contribution is 0.102. The summed E-state index contributed by atoms with van der Waals surface area (Å²) in [7, 11) is 0. The number of carbonyl (C=O) groups excluding carboxylic acids is 1. The molecule has 1 amide bonds. The Morgan fingerprint density at radius 2 is 1.88 bits per heavy atom. The summed E-state index contributed by atoms with van der Waals surface area (Å²) < 4.78 is 29.0. The highest BCUT2D eigenvalue weighted by atomic mass is 79.9. The molecule has 0 bridgehead atoms. The number of anilines is 1. The third kappa shape index (κ3) is 4.05. The first-order valence-electron chi connectivity index (χ1n) is 7.64. The number of benzene rings is 2. The number of amides is 1. The van der Waals surface area contributed by atoms with Crippen LogP contribution in [-0.4, -0.2) is 10.5 Å². The van der Waals surface area contributed by atoms with Gasteiger partial charge in [-0.3, -0.25) is 9.59 Å². The summed E-state index contributed by atoms with van der Waals surface area (Å²) in [6, 6.07) is 12.9. The van der Waals surface area contributed by atoms with Gasteiger partial charge < -0.3 is 9.88 Å². The average Bonchev–Trinajstić information content (AvgIpc) is 2.59. The van der Waals surface area contributed by atoms with Crippen LogP contribution in [0.1, 0.15) is 15.9 Å². The summed E-state index contributed by atoms with van der Waals surface area (Å²) in [6.07, 6.45) is 1.50. The van der Waals surface area contributed by atoms with E-state index in [1.807, 2.05) is 0 Å². The molecule has 2 aromatic carbocycles. The maximum absolute atomic E-state index is 13.9. The number of carbonyl (C=O) groups is 1. The minimum Gasteiger partial charge on any atom is -0.319 e. The van der Waals surface area contributed by atoms with Gasteiger partial charge in [0.05, 0.1) is 12.2 Å². The summed E-state index contributed by atoms with van der Waals surface area (Å²) in [4.78, 5) is 24.9. The molecule has 1 aromatic heterocycles. The first kappa shape index (κ1) is 18.0. The van der Waals surface area contributed by atoms with Crippen molar-refractivity contribution in [2.75, 3.05) is 5.32 Å². The molecule has 0 atom stereocenters. The van der Waals surface area contributed by atoms with E-state index in [1.165, 1.54) is 47.2 Å². The van der Waals surface area contributed by atoms with Gasteiger partial charge in [0, 0.05) is 10.7 Å². The van der Waals surface area contributed by atoms with Crippen molar-refractivity contribution in [3.63, 3.8) is 0 Å². The number of rotatable bonds is 4. The topological polar surface area (TPSA) is 51.1 Å². The Kier molecular flexibility index (Phi) is 5.27. The monoisotopic (exact) mass is 418 g/mol. The van der Waals surface area contributed by atoms with Crippen LogP contribution >= 0.6 is 15.9 Å². The summed E-state index contributed by atoms with van der Waals surface area (Å²) in [5, 5.41) is 2.39. The molecule has 0 unspecified atom stereocenters. The molecule has 26 heavy (non-hydrogen) atoms. The SMILES string of the molecule is O=C(Nc1ccc(Br)cc1F)c1cccn(Cc2cccc(F)c2)c1=O. The summed E-state index contributed by atoms with van der Waals surface area (Å²) in [5.74, 6) is -1.75. The van der Waals surface area contributed by atoms with E-state index in [2.05, 4.69) is 21.2 Å². The summed E-state index contributed by atoms with van der Waals surface area (Å²) >= 11 is 3.13. The lowest BCUT2D eigenvalue weighted by Gasteiger charge is -2.10. The van der Waals surface area contributed by atoms with Crippen molar-refractivity contribution in [2.45, 2.75) is 6.54 Å². The highest BCUT2D eigenvalue weighted by Gasteiger charge is 2.14. The lowest BCUT2D eigenvalue weighted by atomic mass is 10.2. The van der Waals surface area contributed by atoms with E-state index in [0.717, 1.165) is 0 Å². The van der Waals surface area contributed by atoms with Gasteiger partial charge in [-0.15, -0.1) is 0 Å². The van der Waals surface area contributed by atoms with Crippen LogP contribution < -0.4 is 10.9 Å². The number of halogens is 3. The van der Waals surface area contributed by atoms with Gasteiger partial charge in [-0.25, -0.2) is 8.78 Å². The van der Waals surface area contributed by atoms with Crippen molar-refractivity contribution >= 4 is 27.5 Å². The molecule has 0 saturated heterocycles. The van der Waals surface area contributed by atoms with Gasteiger partial charge in [0.25, 0.3) is 11.5 Å². The molecule has 132 valence electrons. The van der Waals surface area contributed by atoms with Crippen molar-refractivity contribution in [3.05, 3.63) is 98.4 Å². The zero-order chi connectivity index (χ0) is 18.7. The molecule has 1 N–H and O–H groups in total. The Morgan fingerprint density at radius 1 is 1.08 bits per heavy atom. The number of nitrogens with one attached hydrogen (secondary N) is 1. The highest BCUT2D eigenvalue weighted by molar-refractivity contribution is 9.10. The molecular weight excluding hydrogens is 406 g/mol. The Labute approximate surface area is 156 Å². The predicted octanol–water partition coefficient (Wildman–Crippen LogP) is 4.19. The smallest absolute Gasteiger partial charge is 0.263 e. The second-order valence-corrected chi connectivity index (χ2v) is 6.48. The third-order valence-corrected chi connectivity index (χ3v) is 4.18. The minimum absolute atomic E-state index is 0.0295. The number of hydrogen-bond acceptors (Lipinski definition) is 2. The standard InChI is InChI=1S/C19H13BrF2N2O2/c20-13-6-7-17(16(22)10-13)23-18(25)15-5-2-8-24(19(15)26)11-12-3-1-4-14(21)9-12/h1-10H,11H2,(H,23,25). The molecule has 0 radical (unpaired) electrons. The Bertz CT molecular complexity index is 1030. The maximum Gasteiger partial charge on any atom is 0.263 e. The van der Waals surface area contributed by atoms with E-state index in [-0.39, 0.29) is 17.8 Å². The van der Waals surface area contributed by atoms with Crippen LogP contribution in [0.2, 0.25) is 0 Å². The zero-order valence-corrected chi connectivity index (χ0v) is 15.0.